The van der Waals surface area contributed by atoms with Gasteiger partial charge in [0.2, 0.25) is 0 Å². The Morgan fingerprint density at radius 1 is 1.29 bits per heavy atom. The summed E-state index contributed by atoms with van der Waals surface area (Å²) in [4.78, 5) is 22.9. The van der Waals surface area contributed by atoms with E-state index in [1.165, 1.54) is 6.92 Å². The summed E-state index contributed by atoms with van der Waals surface area (Å²) in [5.41, 5.74) is 0. The molecule has 0 aromatic heterocycles. The number of amides is 1. The van der Waals surface area contributed by atoms with Gasteiger partial charge in [-0.1, -0.05) is 13.8 Å². The van der Waals surface area contributed by atoms with E-state index in [0.717, 1.165) is 12.8 Å². The lowest BCUT2D eigenvalue weighted by Gasteiger charge is -2.24. The highest BCUT2D eigenvalue weighted by molar-refractivity contribution is 5.85. The molecule has 0 bridgehead atoms. The predicted molar refractivity (Wildman–Crippen MR) is 62.8 cm³/mol. The van der Waals surface area contributed by atoms with Gasteiger partial charge in [-0.3, -0.25) is 4.79 Å². The molecular weight excluding hydrogens is 222 g/mol. The summed E-state index contributed by atoms with van der Waals surface area (Å²) < 4.78 is 10.4. The van der Waals surface area contributed by atoms with Crippen molar-refractivity contribution in [3.63, 3.8) is 0 Å². The van der Waals surface area contributed by atoms with Gasteiger partial charge in [0.05, 0.1) is 19.3 Å². The molecule has 0 radical (unpaired) electrons. The zero-order chi connectivity index (χ0) is 12.8. The van der Waals surface area contributed by atoms with Crippen molar-refractivity contribution in [2.75, 3.05) is 13.2 Å². The SMILES string of the molecule is CC(=O)[C@H](NC(=O)OC1CCOCC1)C(C)C. The van der Waals surface area contributed by atoms with Crippen LogP contribution >= 0.6 is 0 Å². The average molecular weight is 243 g/mol. The van der Waals surface area contributed by atoms with Gasteiger partial charge in [0.25, 0.3) is 0 Å². The zero-order valence-corrected chi connectivity index (χ0v) is 10.7. The Kier molecular flexibility index (Phi) is 5.41. The topological polar surface area (TPSA) is 64.6 Å². The lowest BCUT2D eigenvalue weighted by molar-refractivity contribution is -0.119. The van der Waals surface area contributed by atoms with E-state index in [1.807, 2.05) is 13.8 Å². The highest BCUT2D eigenvalue weighted by Crippen LogP contribution is 2.11. The molecule has 0 spiro atoms. The van der Waals surface area contributed by atoms with Gasteiger partial charge in [-0.2, -0.15) is 0 Å². The van der Waals surface area contributed by atoms with Crippen molar-refractivity contribution in [3.05, 3.63) is 0 Å². The number of carbonyl (C=O) groups is 2. The molecule has 0 aromatic carbocycles. The second-order valence-electron chi connectivity index (χ2n) is 4.69. The maximum Gasteiger partial charge on any atom is 0.408 e. The molecule has 1 amide bonds. The van der Waals surface area contributed by atoms with E-state index in [4.69, 9.17) is 9.47 Å². The fourth-order valence-electron chi connectivity index (χ4n) is 1.84. The predicted octanol–water partition coefficient (Wildman–Crippen LogP) is 1.51. The molecule has 1 fully saturated rings. The van der Waals surface area contributed by atoms with Crippen LogP contribution in [0.4, 0.5) is 4.79 Å². The van der Waals surface area contributed by atoms with Gasteiger partial charge in [0, 0.05) is 12.8 Å². The van der Waals surface area contributed by atoms with E-state index in [2.05, 4.69) is 5.32 Å². The minimum atomic E-state index is -0.509. The van der Waals surface area contributed by atoms with Crippen LogP contribution in [0.15, 0.2) is 0 Å². The van der Waals surface area contributed by atoms with E-state index >= 15 is 0 Å². The number of nitrogens with one attached hydrogen (secondary N) is 1. The Balaban J connectivity index is 2.38. The van der Waals surface area contributed by atoms with Crippen LogP contribution in [0, 0.1) is 5.92 Å². The molecule has 0 aromatic rings. The number of carbonyl (C=O) groups excluding carboxylic acids is 2. The van der Waals surface area contributed by atoms with Gasteiger partial charge in [0.1, 0.15) is 6.10 Å². The first-order valence-electron chi connectivity index (χ1n) is 6.06. The van der Waals surface area contributed by atoms with E-state index in [0.29, 0.717) is 13.2 Å². The first-order valence-corrected chi connectivity index (χ1v) is 6.06. The van der Waals surface area contributed by atoms with E-state index in [-0.39, 0.29) is 17.8 Å². The molecule has 5 nitrogen and oxygen atoms in total. The molecule has 1 heterocycles. The quantitative estimate of drug-likeness (QED) is 0.812. The molecule has 1 aliphatic rings. The van der Waals surface area contributed by atoms with Crippen LogP contribution in [0.1, 0.15) is 33.6 Å². The standard InChI is InChI=1S/C12H21NO4/c1-8(2)11(9(3)14)13-12(15)17-10-4-6-16-7-5-10/h8,10-11H,4-7H2,1-3H3,(H,13,15)/t11-/m1/s1. The van der Waals surface area contributed by atoms with Gasteiger partial charge < -0.3 is 14.8 Å². The number of rotatable bonds is 4. The first kappa shape index (κ1) is 14.0. The van der Waals surface area contributed by atoms with Crippen molar-refractivity contribution in [1.29, 1.82) is 0 Å². The Hall–Kier alpha value is -1.10. The monoisotopic (exact) mass is 243 g/mol. The Bertz CT molecular complexity index is 272. The van der Waals surface area contributed by atoms with Crippen molar-refractivity contribution < 1.29 is 19.1 Å². The van der Waals surface area contributed by atoms with Crippen LogP contribution in [0.25, 0.3) is 0 Å². The molecule has 1 rings (SSSR count). The highest BCUT2D eigenvalue weighted by atomic mass is 16.6. The molecule has 0 saturated carbocycles. The third kappa shape index (κ3) is 4.73. The first-order chi connectivity index (χ1) is 8.00. The number of alkyl carbamates (subject to hydrolysis) is 1. The largest absolute Gasteiger partial charge is 0.446 e. The van der Waals surface area contributed by atoms with Crippen molar-refractivity contribution >= 4 is 11.9 Å². The van der Waals surface area contributed by atoms with Gasteiger partial charge in [0.15, 0.2) is 5.78 Å². The lowest BCUT2D eigenvalue weighted by Crippen LogP contribution is -2.45. The second-order valence-corrected chi connectivity index (χ2v) is 4.69. The van der Waals surface area contributed by atoms with Crippen LogP contribution in [0.3, 0.4) is 0 Å². The molecule has 1 N–H and O–H groups in total. The second kappa shape index (κ2) is 6.59. The maximum absolute atomic E-state index is 11.6. The molecular formula is C12H21NO4. The van der Waals surface area contributed by atoms with Crippen LogP contribution in [0.2, 0.25) is 0 Å². The third-order valence-corrected chi connectivity index (χ3v) is 2.82. The van der Waals surface area contributed by atoms with Gasteiger partial charge in [-0.05, 0) is 12.8 Å². The minimum Gasteiger partial charge on any atom is -0.446 e. The Morgan fingerprint density at radius 2 is 1.88 bits per heavy atom. The third-order valence-electron chi connectivity index (χ3n) is 2.82. The van der Waals surface area contributed by atoms with Crippen molar-refractivity contribution in [2.45, 2.75) is 45.8 Å². The lowest BCUT2D eigenvalue weighted by atomic mass is 10.0. The van der Waals surface area contributed by atoms with Crippen LogP contribution in [-0.4, -0.2) is 37.2 Å². The Labute approximate surface area is 102 Å². The number of ketones is 1. The molecule has 98 valence electrons. The van der Waals surface area contributed by atoms with Crippen molar-refractivity contribution in [1.82, 2.24) is 5.32 Å². The smallest absolute Gasteiger partial charge is 0.408 e. The van der Waals surface area contributed by atoms with Crippen LogP contribution < -0.4 is 5.32 Å². The summed E-state index contributed by atoms with van der Waals surface area (Å²) in [5, 5.41) is 2.61. The van der Waals surface area contributed by atoms with Gasteiger partial charge in [-0.25, -0.2) is 4.79 Å². The summed E-state index contributed by atoms with van der Waals surface area (Å²) in [5.74, 6) is 0.0127. The van der Waals surface area contributed by atoms with Crippen molar-refractivity contribution in [2.24, 2.45) is 5.92 Å². The number of ether oxygens (including phenoxy) is 2. The highest BCUT2D eigenvalue weighted by Gasteiger charge is 2.24. The fraction of sp³-hybridized carbons (Fsp3) is 0.833. The maximum atomic E-state index is 11.6. The molecule has 17 heavy (non-hydrogen) atoms. The normalized spacial score (nSPS) is 18.8. The summed E-state index contributed by atoms with van der Waals surface area (Å²) in [6.07, 6.45) is 0.842. The number of Topliss-reactive ketones (excluding diaryl/α,β-unsaturated/α-hetero) is 1. The van der Waals surface area contributed by atoms with Crippen LogP contribution in [0.5, 0.6) is 0 Å². The van der Waals surface area contributed by atoms with Gasteiger partial charge in [-0.15, -0.1) is 0 Å². The number of hydrogen-bond acceptors (Lipinski definition) is 4. The molecule has 1 saturated heterocycles. The average Bonchev–Trinajstić information content (AvgIpc) is 2.26. The molecule has 0 aliphatic carbocycles. The fourth-order valence-corrected chi connectivity index (χ4v) is 1.84. The van der Waals surface area contributed by atoms with E-state index < -0.39 is 12.1 Å². The Morgan fingerprint density at radius 3 is 2.35 bits per heavy atom. The summed E-state index contributed by atoms with van der Waals surface area (Å²) in [7, 11) is 0. The minimum absolute atomic E-state index is 0.0519. The molecule has 5 heteroatoms. The summed E-state index contributed by atoms with van der Waals surface area (Å²) in [6, 6.07) is -0.470. The zero-order valence-electron chi connectivity index (χ0n) is 10.7. The number of hydrogen-bond donors (Lipinski definition) is 1. The van der Waals surface area contributed by atoms with E-state index in [9.17, 15) is 9.59 Å². The van der Waals surface area contributed by atoms with Crippen molar-refractivity contribution in [3.8, 4) is 0 Å². The molecule has 0 unspecified atom stereocenters. The molecule has 1 aliphatic heterocycles. The van der Waals surface area contributed by atoms with E-state index in [1.54, 1.807) is 0 Å². The van der Waals surface area contributed by atoms with Gasteiger partial charge >= 0.3 is 6.09 Å². The summed E-state index contributed by atoms with van der Waals surface area (Å²) >= 11 is 0. The summed E-state index contributed by atoms with van der Waals surface area (Å²) in [6.45, 7) is 6.50. The van der Waals surface area contributed by atoms with Crippen LogP contribution in [-0.2, 0) is 14.3 Å². The molecule has 1 atom stereocenters.